The summed E-state index contributed by atoms with van der Waals surface area (Å²) in [6.07, 6.45) is 0.842. The van der Waals surface area contributed by atoms with Gasteiger partial charge in [0.05, 0.1) is 13.7 Å². The minimum absolute atomic E-state index is 0.0498. The van der Waals surface area contributed by atoms with Crippen LogP contribution in [0.25, 0.3) is 17.0 Å². The number of hydrogen-bond acceptors (Lipinski definition) is 7. The van der Waals surface area contributed by atoms with Gasteiger partial charge in [0.25, 0.3) is 5.91 Å². The number of rotatable bonds is 10. The number of benzene rings is 2. The Balaban J connectivity index is 1.31. The number of para-hydroxylation sites is 1. The van der Waals surface area contributed by atoms with E-state index in [0.29, 0.717) is 23.9 Å². The van der Waals surface area contributed by atoms with Crippen LogP contribution in [-0.4, -0.2) is 52.6 Å². The first-order valence-corrected chi connectivity index (χ1v) is 10.6. The van der Waals surface area contributed by atoms with Crippen molar-refractivity contribution in [3.8, 4) is 28.8 Å². The molecule has 4 rings (SSSR count). The molecule has 0 radical (unpaired) electrons. The fraction of sp³-hybridized carbons (Fsp3) is 0.250. The quantitative estimate of drug-likeness (QED) is 0.373. The number of carbonyl (C=O) groups excluding carboxylic acids is 1. The number of aryl methyl sites for hydroxylation is 1. The number of aromatic nitrogens is 4. The van der Waals surface area contributed by atoms with Gasteiger partial charge < -0.3 is 19.5 Å². The van der Waals surface area contributed by atoms with Crippen molar-refractivity contribution in [2.45, 2.75) is 13.3 Å². The average Bonchev–Trinajstić information content (AvgIpc) is 3.29. The van der Waals surface area contributed by atoms with Crippen LogP contribution in [0.3, 0.4) is 0 Å². The standard InChI is InChI=1S/C24H25N5O4/c1-3-17-7-4-5-10-20(17)33-16-22(30)25-13-14-32-23-12-11-21-26-27-24(29(21)28-23)18-8-6-9-19(15-18)31-2/h4-12,15H,3,13-14,16H2,1-2H3,(H,25,30). The first-order chi connectivity index (χ1) is 16.2. The lowest BCUT2D eigenvalue weighted by atomic mass is 10.1. The largest absolute Gasteiger partial charge is 0.497 e. The molecule has 2 heterocycles. The van der Waals surface area contributed by atoms with E-state index in [2.05, 4.69) is 20.6 Å². The molecular weight excluding hydrogens is 422 g/mol. The Kier molecular flexibility index (Phi) is 6.99. The summed E-state index contributed by atoms with van der Waals surface area (Å²) in [5.41, 5.74) is 2.48. The van der Waals surface area contributed by atoms with Gasteiger partial charge in [0.1, 0.15) is 18.1 Å². The van der Waals surface area contributed by atoms with Crippen molar-refractivity contribution in [1.29, 1.82) is 0 Å². The topological polar surface area (TPSA) is 99.9 Å². The SMILES string of the molecule is CCc1ccccc1OCC(=O)NCCOc1ccc2nnc(-c3cccc(OC)c3)n2n1. The first kappa shape index (κ1) is 22.1. The zero-order valence-corrected chi connectivity index (χ0v) is 18.5. The first-order valence-electron chi connectivity index (χ1n) is 10.6. The van der Waals surface area contributed by atoms with E-state index in [9.17, 15) is 4.79 Å². The number of amides is 1. The van der Waals surface area contributed by atoms with Gasteiger partial charge in [-0.05, 0) is 36.2 Å². The molecule has 1 amide bonds. The molecule has 9 nitrogen and oxygen atoms in total. The van der Waals surface area contributed by atoms with Gasteiger partial charge in [-0.3, -0.25) is 4.79 Å². The second-order valence-electron chi connectivity index (χ2n) is 7.15. The third kappa shape index (κ3) is 5.38. The summed E-state index contributed by atoms with van der Waals surface area (Å²) in [6, 6.07) is 18.7. The smallest absolute Gasteiger partial charge is 0.258 e. The number of ether oxygens (including phenoxy) is 3. The molecule has 0 bridgehead atoms. The van der Waals surface area contributed by atoms with Gasteiger partial charge in [0.2, 0.25) is 5.88 Å². The third-order valence-corrected chi connectivity index (χ3v) is 4.95. The lowest BCUT2D eigenvalue weighted by Gasteiger charge is -2.11. The number of nitrogens with one attached hydrogen (secondary N) is 1. The van der Waals surface area contributed by atoms with Gasteiger partial charge in [-0.1, -0.05) is 37.3 Å². The highest BCUT2D eigenvalue weighted by molar-refractivity contribution is 5.77. The Morgan fingerprint density at radius 2 is 1.91 bits per heavy atom. The Bertz CT molecular complexity index is 1240. The number of hydrogen-bond donors (Lipinski definition) is 1. The predicted octanol–water partition coefficient (Wildman–Crippen LogP) is 2.94. The van der Waals surface area contributed by atoms with Gasteiger partial charge in [-0.2, -0.15) is 4.52 Å². The van der Waals surface area contributed by atoms with E-state index in [-0.39, 0.29) is 19.1 Å². The lowest BCUT2D eigenvalue weighted by molar-refractivity contribution is -0.123. The normalized spacial score (nSPS) is 10.7. The summed E-state index contributed by atoms with van der Waals surface area (Å²) >= 11 is 0. The van der Waals surface area contributed by atoms with E-state index in [4.69, 9.17) is 14.2 Å². The van der Waals surface area contributed by atoms with Gasteiger partial charge >= 0.3 is 0 Å². The van der Waals surface area contributed by atoms with Crippen molar-refractivity contribution >= 4 is 11.6 Å². The zero-order chi connectivity index (χ0) is 23.0. The molecule has 0 aliphatic rings. The van der Waals surface area contributed by atoms with Gasteiger partial charge in [0, 0.05) is 11.6 Å². The number of methoxy groups -OCH3 is 1. The number of carbonyl (C=O) groups is 1. The van der Waals surface area contributed by atoms with Crippen molar-refractivity contribution < 1.29 is 19.0 Å². The minimum atomic E-state index is -0.216. The molecular formula is C24H25N5O4. The summed E-state index contributed by atoms with van der Waals surface area (Å²) in [6.45, 7) is 2.57. The Morgan fingerprint density at radius 3 is 2.76 bits per heavy atom. The van der Waals surface area contributed by atoms with Crippen molar-refractivity contribution in [2.24, 2.45) is 0 Å². The molecule has 0 unspecified atom stereocenters. The van der Waals surface area contributed by atoms with Crippen LogP contribution in [0, 0.1) is 0 Å². The van der Waals surface area contributed by atoms with E-state index < -0.39 is 0 Å². The van der Waals surface area contributed by atoms with Crippen molar-refractivity contribution in [3.05, 3.63) is 66.2 Å². The van der Waals surface area contributed by atoms with Crippen molar-refractivity contribution in [2.75, 3.05) is 26.9 Å². The van der Waals surface area contributed by atoms with Crippen molar-refractivity contribution in [1.82, 2.24) is 25.1 Å². The van der Waals surface area contributed by atoms with E-state index in [0.717, 1.165) is 29.0 Å². The summed E-state index contributed by atoms with van der Waals surface area (Å²) < 4.78 is 18.2. The molecule has 9 heteroatoms. The maximum absolute atomic E-state index is 12.1. The zero-order valence-electron chi connectivity index (χ0n) is 18.5. The van der Waals surface area contributed by atoms with E-state index in [1.165, 1.54) is 0 Å². The molecule has 0 spiro atoms. The molecule has 0 aliphatic heterocycles. The summed E-state index contributed by atoms with van der Waals surface area (Å²) in [5, 5.41) is 15.6. The van der Waals surface area contributed by atoms with Crippen LogP contribution >= 0.6 is 0 Å². The molecule has 33 heavy (non-hydrogen) atoms. The van der Waals surface area contributed by atoms with Crippen LogP contribution in [0.4, 0.5) is 0 Å². The number of fused-ring (bicyclic) bond motifs is 1. The summed E-state index contributed by atoms with van der Waals surface area (Å²) in [7, 11) is 1.61. The summed E-state index contributed by atoms with van der Waals surface area (Å²) in [5.74, 6) is 2.20. The maximum atomic E-state index is 12.1. The van der Waals surface area contributed by atoms with Crippen LogP contribution in [0.15, 0.2) is 60.7 Å². The second-order valence-corrected chi connectivity index (χ2v) is 7.15. The molecule has 2 aromatic heterocycles. The molecule has 1 N–H and O–H groups in total. The van der Waals surface area contributed by atoms with Crippen LogP contribution in [-0.2, 0) is 11.2 Å². The van der Waals surface area contributed by atoms with Gasteiger partial charge in [0.15, 0.2) is 18.1 Å². The Morgan fingerprint density at radius 1 is 1.03 bits per heavy atom. The summed E-state index contributed by atoms with van der Waals surface area (Å²) in [4.78, 5) is 12.1. The molecule has 2 aromatic carbocycles. The molecule has 0 aliphatic carbocycles. The molecule has 0 atom stereocenters. The minimum Gasteiger partial charge on any atom is -0.497 e. The highest BCUT2D eigenvalue weighted by atomic mass is 16.5. The van der Waals surface area contributed by atoms with Crippen LogP contribution < -0.4 is 19.5 Å². The lowest BCUT2D eigenvalue weighted by Crippen LogP contribution is -2.32. The second kappa shape index (κ2) is 10.4. The molecule has 4 aromatic rings. The molecule has 0 saturated carbocycles. The van der Waals surface area contributed by atoms with Crippen LogP contribution in [0.2, 0.25) is 0 Å². The predicted molar refractivity (Wildman–Crippen MR) is 123 cm³/mol. The molecule has 170 valence electrons. The highest BCUT2D eigenvalue weighted by Crippen LogP contribution is 2.23. The third-order valence-electron chi connectivity index (χ3n) is 4.95. The molecule has 0 fully saturated rings. The fourth-order valence-corrected chi connectivity index (χ4v) is 3.27. The van der Waals surface area contributed by atoms with Gasteiger partial charge in [-0.25, -0.2) is 0 Å². The van der Waals surface area contributed by atoms with Gasteiger partial charge in [-0.15, -0.1) is 15.3 Å². The van der Waals surface area contributed by atoms with E-state index >= 15 is 0 Å². The molecule has 0 saturated heterocycles. The Labute approximate surface area is 191 Å². The monoisotopic (exact) mass is 447 g/mol. The highest BCUT2D eigenvalue weighted by Gasteiger charge is 2.11. The van der Waals surface area contributed by atoms with E-state index in [1.807, 2.05) is 55.5 Å². The maximum Gasteiger partial charge on any atom is 0.258 e. The fourth-order valence-electron chi connectivity index (χ4n) is 3.27. The Hall–Kier alpha value is -4.14. The van der Waals surface area contributed by atoms with Crippen LogP contribution in [0.1, 0.15) is 12.5 Å². The van der Waals surface area contributed by atoms with Crippen LogP contribution in [0.5, 0.6) is 17.4 Å². The van der Waals surface area contributed by atoms with Crippen molar-refractivity contribution in [3.63, 3.8) is 0 Å². The average molecular weight is 447 g/mol. The van der Waals surface area contributed by atoms with E-state index in [1.54, 1.807) is 23.8 Å². The number of nitrogens with zero attached hydrogens (tertiary/aromatic N) is 4.